The van der Waals surface area contributed by atoms with Crippen LogP contribution >= 0.6 is 11.3 Å². The summed E-state index contributed by atoms with van der Waals surface area (Å²) < 4.78 is 39.1. The van der Waals surface area contributed by atoms with Gasteiger partial charge in [-0.15, -0.1) is 11.3 Å². The Morgan fingerprint density at radius 1 is 0.976 bits per heavy atom. The van der Waals surface area contributed by atoms with E-state index in [2.05, 4.69) is 13.8 Å². The van der Waals surface area contributed by atoms with Crippen LogP contribution in [0.4, 0.5) is 13.2 Å². The molecule has 5 rings (SSSR count). The van der Waals surface area contributed by atoms with Crippen LogP contribution in [0.5, 0.6) is 0 Å². The van der Waals surface area contributed by atoms with Crippen molar-refractivity contribution in [3.8, 4) is 0 Å². The fraction of sp³-hybridized carbons (Fsp3) is 0.531. The Balaban J connectivity index is 1.22. The van der Waals surface area contributed by atoms with E-state index in [9.17, 15) is 22.8 Å². The molecule has 1 saturated carbocycles. The van der Waals surface area contributed by atoms with Crippen molar-refractivity contribution in [3.63, 3.8) is 0 Å². The number of carbonyl (C=O) groups excluding carboxylic acids is 2. The molecule has 2 aliphatic carbocycles. The third kappa shape index (κ3) is 6.60. The van der Waals surface area contributed by atoms with Gasteiger partial charge in [0.15, 0.2) is 0 Å². The van der Waals surface area contributed by atoms with Crippen molar-refractivity contribution in [1.82, 2.24) is 14.8 Å². The average molecular weight is 586 g/mol. The van der Waals surface area contributed by atoms with Crippen molar-refractivity contribution >= 4 is 28.7 Å². The second-order valence-electron chi connectivity index (χ2n) is 11.6. The minimum Gasteiger partial charge on any atom is -0.339 e. The summed E-state index contributed by atoms with van der Waals surface area (Å²) in [6.07, 6.45) is 8.14. The predicted octanol–water partition coefficient (Wildman–Crippen LogP) is 7.86. The number of alkyl halides is 3. The van der Waals surface area contributed by atoms with Crippen molar-refractivity contribution in [1.29, 1.82) is 0 Å². The molecule has 1 saturated heterocycles. The summed E-state index contributed by atoms with van der Waals surface area (Å²) in [5, 5.41) is 2.84. The number of benzene rings is 1. The van der Waals surface area contributed by atoms with Gasteiger partial charge < -0.3 is 9.80 Å². The summed E-state index contributed by atoms with van der Waals surface area (Å²) in [4.78, 5) is 35.7. The van der Waals surface area contributed by atoms with Gasteiger partial charge in [-0.3, -0.25) is 9.59 Å². The average Bonchev–Trinajstić information content (AvgIpc) is 3.48. The number of hydrogen-bond donors (Lipinski definition) is 0. The summed E-state index contributed by atoms with van der Waals surface area (Å²) in [7, 11) is 0. The monoisotopic (exact) mass is 585 g/mol. The number of amides is 2. The predicted molar refractivity (Wildman–Crippen MR) is 156 cm³/mol. The van der Waals surface area contributed by atoms with E-state index in [1.165, 1.54) is 42.7 Å². The number of halogens is 3. The Labute approximate surface area is 244 Å². The maximum atomic E-state index is 13.6. The first-order valence-corrected chi connectivity index (χ1v) is 15.7. The molecule has 0 N–H and O–H groups in total. The molecule has 1 aromatic carbocycles. The third-order valence-electron chi connectivity index (χ3n) is 8.54. The molecule has 2 aromatic rings. The van der Waals surface area contributed by atoms with Crippen LogP contribution in [0.1, 0.15) is 104 Å². The molecule has 2 fully saturated rings. The van der Waals surface area contributed by atoms with E-state index in [4.69, 9.17) is 4.98 Å². The van der Waals surface area contributed by atoms with Gasteiger partial charge in [-0.2, -0.15) is 13.2 Å². The quantitative estimate of drug-likeness (QED) is 0.347. The molecule has 41 heavy (non-hydrogen) atoms. The van der Waals surface area contributed by atoms with Gasteiger partial charge in [0, 0.05) is 42.0 Å². The van der Waals surface area contributed by atoms with E-state index in [1.807, 2.05) is 27.3 Å². The van der Waals surface area contributed by atoms with E-state index < -0.39 is 11.7 Å². The number of rotatable bonds is 6. The van der Waals surface area contributed by atoms with Crippen LogP contribution in [0.3, 0.4) is 0 Å². The lowest BCUT2D eigenvalue weighted by Crippen LogP contribution is -2.45. The van der Waals surface area contributed by atoms with Crippen molar-refractivity contribution in [3.05, 3.63) is 69.2 Å². The lowest BCUT2D eigenvalue weighted by atomic mass is 9.89. The smallest absolute Gasteiger partial charge is 0.339 e. The molecular formula is C32H38F3N3O2S. The summed E-state index contributed by atoms with van der Waals surface area (Å²) in [5.41, 5.74) is 1.72. The van der Waals surface area contributed by atoms with Gasteiger partial charge in [0.25, 0.3) is 11.8 Å². The Hall–Kier alpha value is -2.94. The van der Waals surface area contributed by atoms with Crippen molar-refractivity contribution < 1.29 is 22.8 Å². The van der Waals surface area contributed by atoms with Crippen LogP contribution in [-0.4, -0.2) is 51.8 Å². The van der Waals surface area contributed by atoms with E-state index in [1.54, 1.807) is 0 Å². The molecule has 0 unspecified atom stereocenters. The topological polar surface area (TPSA) is 53.5 Å². The first-order chi connectivity index (χ1) is 19.6. The SMILES string of the molecule is CC(C)N(C(=O)c1csc(C2CCN(C(=O)C3=CCCC=C3c3ccc(C(F)(F)F)cc3)CC2)n1)C1CCCCC1. The van der Waals surface area contributed by atoms with Gasteiger partial charge in [-0.05, 0) is 75.6 Å². The highest BCUT2D eigenvalue weighted by Gasteiger charge is 2.33. The first-order valence-electron chi connectivity index (χ1n) is 14.8. The maximum Gasteiger partial charge on any atom is 0.416 e. The number of carbonyl (C=O) groups is 2. The molecule has 0 spiro atoms. The standard InChI is InChI=1S/C32H38F3N3O2S/c1-21(2)38(25-8-4-3-5-9-25)31(40)28-20-41-29(36-28)23-16-18-37(19-17-23)30(39)27-11-7-6-10-26(27)22-12-14-24(15-13-22)32(33,34)35/h10-15,20-21,23,25H,3-9,16-19H2,1-2H3. The van der Waals surface area contributed by atoms with Crippen LogP contribution in [-0.2, 0) is 11.0 Å². The Morgan fingerprint density at radius 3 is 2.27 bits per heavy atom. The molecule has 2 heterocycles. The maximum absolute atomic E-state index is 13.6. The fourth-order valence-electron chi connectivity index (χ4n) is 6.38. The zero-order valence-corrected chi connectivity index (χ0v) is 24.6. The summed E-state index contributed by atoms with van der Waals surface area (Å²) in [5.74, 6) is 0.135. The molecule has 5 nitrogen and oxygen atoms in total. The van der Waals surface area contributed by atoms with Crippen LogP contribution in [0, 0.1) is 0 Å². The number of hydrogen-bond acceptors (Lipinski definition) is 4. The van der Waals surface area contributed by atoms with Crippen LogP contribution in [0.15, 0.2) is 47.4 Å². The number of piperidine rings is 1. The van der Waals surface area contributed by atoms with E-state index in [0.29, 0.717) is 35.5 Å². The number of aromatic nitrogens is 1. The van der Waals surface area contributed by atoms with Crippen LogP contribution in [0.25, 0.3) is 5.57 Å². The summed E-state index contributed by atoms with van der Waals surface area (Å²) in [6.45, 7) is 5.30. The summed E-state index contributed by atoms with van der Waals surface area (Å²) >= 11 is 1.54. The summed E-state index contributed by atoms with van der Waals surface area (Å²) in [6, 6.07) is 5.45. The van der Waals surface area contributed by atoms with E-state index >= 15 is 0 Å². The van der Waals surface area contributed by atoms with Gasteiger partial charge in [-0.25, -0.2) is 4.98 Å². The highest BCUT2D eigenvalue weighted by Crippen LogP contribution is 2.36. The van der Waals surface area contributed by atoms with Crippen LogP contribution in [0.2, 0.25) is 0 Å². The number of likely N-dealkylation sites (tertiary alicyclic amines) is 1. The Bertz CT molecular complexity index is 1300. The molecular weight excluding hydrogens is 547 g/mol. The second kappa shape index (κ2) is 12.5. The van der Waals surface area contributed by atoms with E-state index in [-0.39, 0.29) is 29.8 Å². The molecule has 0 radical (unpaired) electrons. The molecule has 0 atom stereocenters. The van der Waals surface area contributed by atoms with Gasteiger partial charge in [0.2, 0.25) is 0 Å². The van der Waals surface area contributed by atoms with E-state index in [0.717, 1.165) is 55.7 Å². The molecule has 1 aliphatic heterocycles. The normalized spacial score (nSPS) is 19.2. The number of thiazole rings is 1. The Morgan fingerprint density at radius 2 is 1.63 bits per heavy atom. The van der Waals surface area contributed by atoms with Crippen molar-refractivity contribution in [2.45, 2.75) is 95.8 Å². The molecule has 1 aromatic heterocycles. The Kier molecular flexibility index (Phi) is 9.02. The third-order valence-corrected chi connectivity index (χ3v) is 9.55. The molecule has 2 amide bonds. The highest BCUT2D eigenvalue weighted by molar-refractivity contribution is 7.09. The highest BCUT2D eigenvalue weighted by atomic mass is 32.1. The first kappa shape index (κ1) is 29.5. The zero-order chi connectivity index (χ0) is 29.1. The largest absolute Gasteiger partial charge is 0.416 e. The van der Waals surface area contributed by atoms with Gasteiger partial charge in [0.05, 0.1) is 10.6 Å². The van der Waals surface area contributed by atoms with Gasteiger partial charge in [-0.1, -0.05) is 43.5 Å². The lowest BCUT2D eigenvalue weighted by molar-refractivity contribution is -0.137. The molecule has 9 heteroatoms. The fourth-order valence-corrected chi connectivity index (χ4v) is 7.34. The van der Waals surface area contributed by atoms with Crippen LogP contribution < -0.4 is 0 Å². The van der Waals surface area contributed by atoms with Gasteiger partial charge in [0.1, 0.15) is 5.69 Å². The zero-order valence-electron chi connectivity index (χ0n) is 23.8. The molecule has 0 bridgehead atoms. The van der Waals surface area contributed by atoms with Crippen molar-refractivity contribution in [2.24, 2.45) is 0 Å². The second-order valence-corrected chi connectivity index (χ2v) is 12.5. The molecule has 220 valence electrons. The minimum atomic E-state index is -4.40. The molecule has 3 aliphatic rings. The van der Waals surface area contributed by atoms with Gasteiger partial charge >= 0.3 is 6.18 Å². The van der Waals surface area contributed by atoms with Crippen molar-refractivity contribution in [2.75, 3.05) is 13.1 Å². The number of allylic oxidation sites excluding steroid dienone is 2. The lowest BCUT2D eigenvalue weighted by Gasteiger charge is -2.37. The number of nitrogens with zero attached hydrogens (tertiary/aromatic N) is 3. The minimum absolute atomic E-state index is 0.0221.